The normalized spacial score (nSPS) is 29.5. The molecule has 5 nitrogen and oxygen atoms in total. The number of amides is 2. The predicted molar refractivity (Wildman–Crippen MR) is 106 cm³/mol. The third kappa shape index (κ3) is 2.35. The highest BCUT2D eigenvalue weighted by Crippen LogP contribution is 2.50. The average Bonchev–Trinajstić information content (AvgIpc) is 3.05. The maximum absolute atomic E-state index is 13.1. The van der Waals surface area contributed by atoms with E-state index in [4.69, 9.17) is 0 Å². The van der Waals surface area contributed by atoms with E-state index in [0.717, 1.165) is 24.0 Å². The first kappa shape index (κ1) is 17.4. The van der Waals surface area contributed by atoms with Gasteiger partial charge in [0.05, 0.1) is 0 Å². The van der Waals surface area contributed by atoms with E-state index in [9.17, 15) is 9.59 Å². The summed E-state index contributed by atoms with van der Waals surface area (Å²) >= 11 is 0. The van der Waals surface area contributed by atoms with E-state index in [1.54, 1.807) is 0 Å². The monoisotopic (exact) mass is 375 g/mol. The lowest BCUT2D eigenvalue weighted by Gasteiger charge is -2.57. The fourth-order valence-electron chi connectivity index (χ4n) is 5.21. The Labute approximate surface area is 165 Å². The Hall–Kier alpha value is -2.66. The average molecular weight is 375 g/mol. The van der Waals surface area contributed by atoms with Crippen LogP contribution in [0.1, 0.15) is 24.0 Å². The third-order valence-electron chi connectivity index (χ3n) is 6.94. The van der Waals surface area contributed by atoms with Crippen molar-refractivity contribution in [1.82, 2.24) is 14.7 Å². The summed E-state index contributed by atoms with van der Waals surface area (Å²) in [5.41, 5.74) is 1.33. The standard InChI is InChI=1S/C23H25N3O2/c1-24-22(16-25(20(22)27)14-18-8-4-2-5-9-18)12-13-23(24)17-26(21(23)28)15-19-10-6-3-7-11-19/h2-11H,12-17H2,1H3. The van der Waals surface area contributed by atoms with E-state index in [1.807, 2.05) is 53.2 Å². The van der Waals surface area contributed by atoms with E-state index in [-0.39, 0.29) is 11.8 Å². The van der Waals surface area contributed by atoms with Gasteiger partial charge in [0.15, 0.2) is 0 Å². The van der Waals surface area contributed by atoms with Crippen molar-refractivity contribution in [3.8, 4) is 0 Å². The lowest BCUT2D eigenvalue weighted by molar-refractivity contribution is -0.178. The van der Waals surface area contributed by atoms with Crippen LogP contribution in [0.25, 0.3) is 0 Å². The van der Waals surface area contributed by atoms with Crippen LogP contribution in [-0.2, 0) is 22.7 Å². The minimum absolute atomic E-state index is 0.171. The molecule has 0 radical (unpaired) electrons. The molecule has 0 saturated carbocycles. The second-order valence-electron chi connectivity index (χ2n) is 8.42. The van der Waals surface area contributed by atoms with E-state index in [2.05, 4.69) is 29.2 Å². The Bertz CT molecular complexity index is 840. The first-order chi connectivity index (χ1) is 13.6. The van der Waals surface area contributed by atoms with E-state index < -0.39 is 11.1 Å². The molecule has 28 heavy (non-hydrogen) atoms. The topological polar surface area (TPSA) is 43.9 Å². The van der Waals surface area contributed by atoms with Crippen molar-refractivity contribution in [3.05, 3.63) is 71.8 Å². The first-order valence-corrected chi connectivity index (χ1v) is 9.96. The molecule has 3 aliphatic rings. The lowest BCUT2D eigenvalue weighted by atomic mass is 9.85. The second kappa shape index (κ2) is 6.17. The van der Waals surface area contributed by atoms with Crippen molar-refractivity contribution in [1.29, 1.82) is 0 Å². The van der Waals surface area contributed by atoms with Crippen molar-refractivity contribution in [2.45, 2.75) is 37.0 Å². The molecule has 2 aromatic rings. The number of carbonyl (C=O) groups excluding carboxylic acids is 2. The molecule has 3 aliphatic heterocycles. The van der Waals surface area contributed by atoms with Crippen LogP contribution >= 0.6 is 0 Å². The number of rotatable bonds is 4. The number of likely N-dealkylation sites (tertiary alicyclic amines) is 3. The molecule has 3 saturated heterocycles. The summed E-state index contributed by atoms with van der Waals surface area (Å²) in [6.07, 6.45) is 1.55. The van der Waals surface area contributed by atoms with Gasteiger partial charge in [-0.1, -0.05) is 60.7 Å². The van der Waals surface area contributed by atoms with Crippen LogP contribution in [-0.4, -0.2) is 57.7 Å². The maximum Gasteiger partial charge on any atom is 0.245 e. The summed E-state index contributed by atoms with van der Waals surface area (Å²) in [7, 11) is 1.97. The van der Waals surface area contributed by atoms with Crippen molar-refractivity contribution < 1.29 is 9.59 Å². The molecule has 3 fully saturated rings. The molecule has 2 unspecified atom stereocenters. The Morgan fingerprint density at radius 3 is 1.46 bits per heavy atom. The predicted octanol–water partition coefficient (Wildman–Crippen LogP) is 2.27. The van der Waals surface area contributed by atoms with Gasteiger partial charge in [-0.05, 0) is 31.0 Å². The van der Waals surface area contributed by atoms with Crippen molar-refractivity contribution in [3.63, 3.8) is 0 Å². The number of likely N-dealkylation sites (N-methyl/N-ethyl adjacent to an activating group) is 1. The molecule has 2 atom stereocenters. The van der Waals surface area contributed by atoms with Crippen molar-refractivity contribution in [2.24, 2.45) is 0 Å². The molecule has 2 aromatic carbocycles. The largest absolute Gasteiger partial charge is 0.334 e. The first-order valence-electron chi connectivity index (χ1n) is 9.96. The van der Waals surface area contributed by atoms with Gasteiger partial charge in [0, 0.05) is 26.2 Å². The Kier molecular flexibility index (Phi) is 3.85. The summed E-state index contributed by atoms with van der Waals surface area (Å²) in [4.78, 5) is 32.1. The highest BCUT2D eigenvalue weighted by atomic mass is 16.2. The van der Waals surface area contributed by atoms with Gasteiger partial charge >= 0.3 is 0 Å². The molecular weight excluding hydrogens is 350 g/mol. The SMILES string of the molecule is CN1C2(CCC13CN(Cc1ccccc1)C3=O)CN(Cc1ccccc1)C2=O. The number of carbonyl (C=O) groups is 2. The molecule has 5 rings (SSSR count). The van der Waals surface area contributed by atoms with Gasteiger partial charge in [-0.2, -0.15) is 0 Å². The molecule has 0 bridgehead atoms. The highest BCUT2D eigenvalue weighted by Gasteiger charge is 2.69. The van der Waals surface area contributed by atoms with E-state index in [0.29, 0.717) is 26.2 Å². The zero-order valence-corrected chi connectivity index (χ0v) is 16.2. The van der Waals surface area contributed by atoms with Crippen molar-refractivity contribution in [2.75, 3.05) is 20.1 Å². The minimum atomic E-state index is -0.483. The number of benzene rings is 2. The van der Waals surface area contributed by atoms with Crippen LogP contribution in [0.3, 0.4) is 0 Å². The van der Waals surface area contributed by atoms with Gasteiger partial charge < -0.3 is 9.80 Å². The van der Waals surface area contributed by atoms with Gasteiger partial charge in [-0.15, -0.1) is 0 Å². The quantitative estimate of drug-likeness (QED) is 0.770. The van der Waals surface area contributed by atoms with Gasteiger partial charge in [0.25, 0.3) is 0 Å². The molecule has 2 amide bonds. The fourth-order valence-corrected chi connectivity index (χ4v) is 5.21. The van der Waals surface area contributed by atoms with Crippen LogP contribution in [0.4, 0.5) is 0 Å². The molecule has 0 aromatic heterocycles. The fraction of sp³-hybridized carbons (Fsp3) is 0.391. The highest BCUT2D eigenvalue weighted by molar-refractivity contribution is 5.98. The van der Waals surface area contributed by atoms with Crippen LogP contribution in [0.5, 0.6) is 0 Å². The van der Waals surface area contributed by atoms with Crippen LogP contribution in [0.2, 0.25) is 0 Å². The maximum atomic E-state index is 13.1. The molecule has 2 spiro atoms. The van der Waals surface area contributed by atoms with E-state index >= 15 is 0 Å². The van der Waals surface area contributed by atoms with Gasteiger partial charge in [-0.25, -0.2) is 0 Å². The van der Waals surface area contributed by atoms with Gasteiger partial charge in [0.2, 0.25) is 11.8 Å². The Balaban J connectivity index is 1.26. The number of hydrogen-bond donors (Lipinski definition) is 0. The summed E-state index contributed by atoms with van der Waals surface area (Å²) < 4.78 is 0. The number of β-lactam (4-membered cyclic amide) rings is 2. The molecule has 0 N–H and O–H groups in total. The summed E-state index contributed by atoms with van der Waals surface area (Å²) in [6.45, 7) is 2.72. The number of hydrogen-bond acceptors (Lipinski definition) is 3. The zero-order valence-electron chi connectivity index (χ0n) is 16.2. The molecule has 144 valence electrons. The lowest BCUT2D eigenvalue weighted by Crippen LogP contribution is -2.79. The van der Waals surface area contributed by atoms with E-state index in [1.165, 1.54) is 0 Å². The Morgan fingerprint density at radius 2 is 1.11 bits per heavy atom. The molecule has 5 heteroatoms. The van der Waals surface area contributed by atoms with Gasteiger partial charge in [0.1, 0.15) is 11.1 Å². The summed E-state index contributed by atoms with van der Waals surface area (Å²) in [5, 5.41) is 0. The van der Waals surface area contributed by atoms with Crippen LogP contribution in [0, 0.1) is 0 Å². The molecular formula is C23H25N3O2. The van der Waals surface area contributed by atoms with Gasteiger partial charge in [-0.3, -0.25) is 14.5 Å². The smallest absolute Gasteiger partial charge is 0.245 e. The van der Waals surface area contributed by atoms with Crippen LogP contribution in [0.15, 0.2) is 60.7 Å². The summed E-state index contributed by atoms with van der Waals surface area (Å²) in [6, 6.07) is 20.2. The molecule has 3 heterocycles. The van der Waals surface area contributed by atoms with Crippen molar-refractivity contribution >= 4 is 11.8 Å². The Morgan fingerprint density at radius 1 is 0.714 bits per heavy atom. The number of nitrogens with zero attached hydrogens (tertiary/aromatic N) is 3. The third-order valence-corrected chi connectivity index (χ3v) is 6.94. The molecule has 0 aliphatic carbocycles. The second-order valence-corrected chi connectivity index (χ2v) is 8.42. The zero-order chi connectivity index (χ0) is 19.4. The van der Waals surface area contributed by atoms with Crippen LogP contribution < -0.4 is 0 Å². The minimum Gasteiger partial charge on any atom is -0.334 e. The summed E-state index contributed by atoms with van der Waals surface area (Å²) in [5.74, 6) is 0.343.